The minimum Gasteiger partial charge on any atom is -0.460 e. The smallest absolute Gasteiger partial charge is 0.314 e. The standard InChI is InChI=1S/C22H21N5O3S/c23-21(28)26-10-14-3-4-15(11-26)27(14)12-17-9-13-8-16(5-6-18(13)29-17)30-22-25-20-19(31-22)2-1-7-24-20/h1-2,5-9,14-15H,3-4,10-12H2,(H2,23,28). The Morgan fingerprint density at radius 2 is 2.06 bits per heavy atom. The second kappa shape index (κ2) is 7.21. The van der Waals surface area contributed by atoms with Crippen LogP contribution in [0.1, 0.15) is 18.6 Å². The van der Waals surface area contributed by atoms with Crippen LogP contribution in [0.4, 0.5) is 4.79 Å². The van der Waals surface area contributed by atoms with Gasteiger partial charge in [0.1, 0.15) is 17.1 Å². The molecule has 8 nitrogen and oxygen atoms in total. The van der Waals surface area contributed by atoms with E-state index < -0.39 is 0 Å². The number of carbonyl (C=O) groups is 1. The number of carbonyl (C=O) groups excluding carboxylic acids is 1. The van der Waals surface area contributed by atoms with Gasteiger partial charge in [-0.1, -0.05) is 11.3 Å². The summed E-state index contributed by atoms with van der Waals surface area (Å²) in [5.41, 5.74) is 7.02. The van der Waals surface area contributed by atoms with Crippen LogP contribution in [0.15, 0.2) is 47.0 Å². The number of likely N-dealkylation sites (tertiary alicyclic amines) is 1. The van der Waals surface area contributed by atoms with E-state index in [0.717, 1.165) is 40.8 Å². The molecule has 2 amide bonds. The number of piperazine rings is 1. The second-order valence-electron chi connectivity index (χ2n) is 8.12. The fourth-order valence-electron chi connectivity index (χ4n) is 4.72. The number of furan rings is 1. The van der Waals surface area contributed by atoms with E-state index in [1.54, 1.807) is 11.1 Å². The minimum absolute atomic E-state index is 0.322. The van der Waals surface area contributed by atoms with Crippen LogP contribution in [-0.4, -0.2) is 51.0 Å². The molecular formula is C22H21N5O3S. The van der Waals surface area contributed by atoms with Gasteiger partial charge in [-0.3, -0.25) is 4.90 Å². The molecule has 1 aromatic carbocycles. The highest BCUT2D eigenvalue weighted by atomic mass is 32.1. The summed E-state index contributed by atoms with van der Waals surface area (Å²) in [4.78, 5) is 24.5. The van der Waals surface area contributed by atoms with Crippen LogP contribution in [0.25, 0.3) is 21.3 Å². The summed E-state index contributed by atoms with van der Waals surface area (Å²) in [6, 6.07) is 12.1. The number of rotatable bonds is 4. The van der Waals surface area contributed by atoms with Gasteiger partial charge in [0.25, 0.3) is 5.19 Å². The molecule has 2 aliphatic rings. The largest absolute Gasteiger partial charge is 0.460 e. The summed E-state index contributed by atoms with van der Waals surface area (Å²) in [5, 5.41) is 1.57. The Morgan fingerprint density at radius 3 is 2.84 bits per heavy atom. The van der Waals surface area contributed by atoms with E-state index in [1.165, 1.54) is 11.3 Å². The number of nitrogens with two attached hydrogens (primary N) is 1. The molecule has 2 atom stereocenters. The van der Waals surface area contributed by atoms with Gasteiger partial charge >= 0.3 is 6.03 Å². The average Bonchev–Trinajstić information content (AvgIpc) is 3.40. The van der Waals surface area contributed by atoms with Crippen LogP contribution in [0.2, 0.25) is 0 Å². The molecule has 9 heteroatoms. The summed E-state index contributed by atoms with van der Waals surface area (Å²) in [5.74, 6) is 1.63. The predicted octanol–water partition coefficient (Wildman–Crippen LogP) is 3.96. The van der Waals surface area contributed by atoms with Gasteiger partial charge in [-0.15, -0.1) is 0 Å². The molecule has 2 N–H and O–H groups in total. The number of primary amides is 1. The first kappa shape index (κ1) is 18.6. The normalized spacial score (nSPS) is 21.2. The van der Waals surface area contributed by atoms with Crippen LogP contribution in [0, 0.1) is 0 Å². The lowest BCUT2D eigenvalue weighted by molar-refractivity contribution is 0.0747. The first-order valence-electron chi connectivity index (χ1n) is 10.3. The van der Waals surface area contributed by atoms with Crippen LogP contribution in [-0.2, 0) is 6.54 Å². The summed E-state index contributed by atoms with van der Waals surface area (Å²) < 4.78 is 13.1. The SMILES string of the molecule is NC(=O)N1CC2CCC(C1)N2Cc1cc2cc(Oc3nc4ncccc4s3)ccc2o1. The van der Waals surface area contributed by atoms with Gasteiger partial charge in [-0.05, 0) is 49.2 Å². The maximum atomic E-state index is 11.6. The Hall–Kier alpha value is -3.17. The van der Waals surface area contributed by atoms with Gasteiger partial charge < -0.3 is 19.8 Å². The van der Waals surface area contributed by atoms with Gasteiger partial charge in [0.2, 0.25) is 0 Å². The predicted molar refractivity (Wildman–Crippen MR) is 117 cm³/mol. The molecule has 0 spiro atoms. The lowest BCUT2D eigenvalue weighted by atomic mass is 10.2. The number of urea groups is 1. The van der Waals surface area contributed by atoms with E-state index in [4.69, 9.17) is 14.9 Å². The number of pyridine rings is 1. The van der Waals surface area contributed by atoms with Gasteiger partial charge in [-0.2, -0.15) is 4.98 Å². The van der Waals surface area contributed by atoms with Crippen molar-refractivity contribution in [2.24, 2.45) is 5.73 Å². The number of nitrogens with zero attached hydrogens (tertiary/aromatic N) is 4. The average molecular weight is 436 g/mol. The molecule has 2 saturated heterocycles. The van der Waals surface area contributed by atoms with Crippen molar-refractivity contribution >= 4 is 38.7 Å². The highest BCUT2D eigenvalue weighted by Gasteiger charge is 2.41. The number of aromatic nitrogens is 2. The van der Waals surface area contributed by atoms with E-state index in [-0.39, 0.29) is 6.03 Å². The Balaban J connectivity index is 1.20. The van der Waals surface area contributed by atoms with E-state index >= 15 is 0 Å². The van der Waals surface area contributed by atoms with Crippen molar-refractivity contribution in [1.82, 2.24) is 19.8 Å². The van der Waals surface area contributed by atoms with Crippen LogP contribution in [0.3, 0.4) is 0 Å². The third-order valence-electron chi connectivity index (χ3n) is 6.17. The second-order valence-corrected chi connectivity index (χ2v) is 9.11. The molecule has 2 bridgehead atoms. The lowest BCUT2D eigenvalue weighted by Crippen LogP contribution is -2.56. The fraction of sp³-hybridized carbons (Fsp3) is 0.318. The molecule has 0 radical (unpaired) electrons. The number of hydrogen-bond acceptors (Lipinski definition) is 7. The molecule has 2 unspecified atom stereocenters. The van der Waals surface area contributed by atoms with E-state index in [9.17, 15) is 4.79 Å². The zero-order chi connectivity index (χ0) is 20.9. The van der Waals surface area contributed by atoms with Crippen molar-refractivity contribution in [3.63, 3.8) is 0 Å². The molecule has 3 aromatic heterocycles. The summed E-state index contributed by atoms with van der Waals surface area (Å²) in [6.45, 7) is 2.12. The van der Waals surface area contributed by atoms with Gasteiger partial charge in [-0.25, -0.2) is 9.78 Å². The van der Waals surface area contributed by atoms with Gasteiger partial charge in [0.15, 0.2) is 5.65 Å². The first-order chi connectivity index (χ1) is 15.1. The molecule has 158 valence electrons. The molecule has 6 rings (SSSR count). The van der Waals surface area contributed by atoms with Crippen molar-refractivity contribution in [2.45, 2.75) is 31.5 Å². The van der Waals surface area contributed by atoms with Crippen LogP contribution in [0.5, 0.6) is 10.9 Å². The Labute approximate surface area is 182 Å². The molecule has 31 heavy (non-hydrogen) atoms. The molecule has 0 saturated carbocycles. The number of hydrogen-bond donors (Lipinski definition) is 1. The highest BCUT2D eigenvalue weighted by molar-refractivity contribution is 7.20. The zero-order valence-corrected chi connectivity index (χ0v) is 17.5. The summed E-state index contributed by atoms with van der Waals surface area (Å²) in [7, 11) is 0. The van der Waals surface area contributed by atoms with Crippen molar-refractivity contribution in [3.05, 3.63) is 48.4 Å². The number of benzene rings is 1. The third-order valence-corrected chi connectivity index (χ3v) is 7.06. The van der Waals surface area contributed by atoms with E-state index in [1.807, 2.05) is 30.3 Å². The first-order valence-corrected chi connectivity index (χ1v) is 11.2. The highest BCUT2D eigenvalue weighted by Crippen LogP contribution is 2.35. The quantitative estimate of drug-likeness (QED) is 0.521. The molecule has 2 fully saturated rings. The third kappa shape index (κ3) is 3.39. The minimum atomic E-state index is -0.322. The van der Waals surface area contributed by atoms with Crippen LogP contribution >= 0.6 is 11.3 Å². The number of thiazole rings is 1. The molecule has 0 aliphatic carbocycles. The van der Waals surface area contributed by atoms with E-state index in [0.29, 0.717) is 41.8 Å². The zero-order valence-electron chi connectivity index (χ0n) is 16.7. The Morgan fingerprint density at radius 1 is 1.23 bits per heavy atom. The van der Waals surface area contributed by atoms with Crippen molar-refractivity contribution < 1.29 is 13.9 Å². The van der Waals surface area contributed by atoms with E-state index in [2.05, 4.69) is 20.9 Å². The summed E-state index contributed by atoms with van der Waals surface area (Å²) in [6.07, 6.45) is 3.90. The topological polar surface area (TPSA) is 97.7 Å². The Bertz CT molecular complexity index is 1240. The molecule has 5 heterocycles. The Kier molecular flexibility index (Phi) is 4.32. The van der Waals surface area contributed by atoms with Gasteiger partial charge in [0, 0.05) is 36.8 Å². The monoisotopic (exact) mass is 435 g/mol. The summed E-state index contributed by atoms with van der Waals surface area (Å²) >= 11 is 1.47. The van der Waals surface area contributed by atoms with Gasteiger partial charge in [0.05, 0.1) is 11.2 Å². The molecule has 2 aliphatic heterocycles. The van der Waals surface area contributed by atoms with Crippen molar-refractivity contribution in [1.29, 1.82) is 0 Å². The van der Waals surface area contributed by atoms with Crippen molar-refractivity contribution in [2.75, 3.05) is 13.1 Å². The van der Waals surface area contributed by atoms with Crippen molar-refractivity contribution in [3.8, 4) is 10.9 Å². The number of fused-ring (bicyclic) bond motifs is 4. The lowest BCUT2D eigenvalue weighted by Gasteiger charge is -2.39. The number of ether oxygens (including phenoxy) is 1. The number of amides is 2. The van der Waals surface area contributed by atoms with Crippen LogP contribution < -0.4 is 10.5 Å². The fourth-order valence-corrected chi connectivity index (χ4v) is 5.51. The molecule has 4 aromatic rings. The maximum Gasteiger partial charge on any atom is 0.314 e. The maximum absolute atomic E-state index is 11.6. The molecular weight excluding hydrogens is 414 g/mol.